The number of rotatable bonds is 5. The molecule has 0 bridgehead atoms. The third kappa shape index (κ3) is 4.18. The van der Waals surface area contributed by atoms with Crippen LogP contribution in [0, 0.1) is 24.2 Å². The van der Waals surface area contributed by atoms with E-state index in [1.807, 2.05) is 6.07 Å². The van der Waals surface area contributed by atoms with Crippen molar-refractivity contribution >= 4 is 34.3 Å². The first-order valence-corrected chi connectivity index (χ1v) is 10.1. The van der Waals surface area contributed by atoms with Crippen molar-refractivity contribution in [1.29, 1.82) is 5.26 Å². The Hall–Kier alpha value is -2.85. The van der Waals surface area contributed by atoms with Gasteiger partial charge in [-0.25, -0.2) is 4.79 Å². The quantitative estimate of drug-likeness (QED) is 0.455. The van der Waals surface area contributed by atoms with Gasteiger partial charge in [0.2, 0.25) is 0 Å². The highest BCUT2D eigenvalue weighted by atomic mass is 32.1. The van der Waals surface area contributed by atoms with Gasteiger partial charge in [0.25, 0.3) is 5.91 Å². The third-order valence-corrected chi connectivity index (χ3v) is 5.80. The fourth-order valence-electron chi connectivity index (χ4n) is 3.25. The van der Waals surface area contributed by atoms with E-state index in [1.54, 1.807) is 26.0 Å². The van der Waals surface area contributed by atoms with E-state index in [9.17, 15) is 14.9 Å². The SMILES string of the molecule is CCOC(=O)c1c(NC(=O)/C(C#N)=C/c2ccc(C)o2)sc2c1CCC(C)C2. The molecule has 3 rings (SSSR count). The molecule has 1 aliphatic rings. The van der Waals surface area contributed by atoms with E-state index in [0.717, 1.165) is 29.7 Å². The maximum atomic E-state index is 12.7. The molecule has 0 aromatic carbocycles. The van der Waals surface area contributed by atoms with E-state index < -0.39 is 11.9 Å². The number of ether oxygens (including phenoxy) is 1. The summed E-state index contributed by atoms with van der Waals surface area (Å²) in [6, 6.07) is 5.35. The van der Waals surface area contributed by atoms with E-state index in [1.165, 1.54) is 17.4 Å². The first-order valence-electron chi connectivity index (χ1n) is 9.24. The Balaban J connectivity index is 1.92. The number of nitrogens with zero attached hydrogens (tertiary/aromatic N) is 1. The van der Waals surface area contributed by atoms with Gasteiger partial charge in [-0.3, -0.25) is 4.79 Å². The van der Waals surface area contributed by atoms with E-state index in [2.05, 4.69) is 12.2 Å². The Kier molecular flexibility index (Phi) is 6.00. The van der Waals surface area contributed by atoms with Crippen LogP contribution in [0.15, 0.2) is 22.1 Å². The minimum absolute atomic E-state index is 0.0936. The summed E-state index contributed by atoms with van der Waals surface area (Å²) in [5.74, 6) is 0.631. The Bertz CT molecular complexity index is 977. The molecule has 0 aliphatic heterocycles. The van der Waals surface area contributed by atoms with Crippen LogP contribution in [0.1, 0.15) is 52.6 Å². The fraction of sp³-hybridized carbons (Fsp3) is 0.381. The highest BCUT2D eigenvalue weighted by Crippen LogP contribution is 2.40. The number of hydrogen-bond acceptors (Lipinski definition) is 6. The van der Waals surface area contributed by atoms with Gasteiger partial charge in [0.1, 0.15) is 28.2 Å². The summed E-state index contributed by atoms with van der Waals surface area (Å²) in [5, 5.41) is 12.6. The van der Waals surface area contributed by atoms with E-state index in [-0.39, 0.29) is 12.2 Å². The lowest BCUT2D eigenvalue weighted by Crippen LogP contribution is -2.17. The van der Waals surface area contributed by atoms with Gasteiger partial charge in [-0.05, 0) is 56.7 Å². The highest BCUT2D eigenvalue weighted by Gasteiger charge is 2.29. The number of carbonyl (C=O) groups is 2. The largest absolute Gasteiger partial charge is 0.462 e. The van der Waals surface area contributed by atoms with Crippen molar-refractivity contribution in [1.82, 2.24) is 0 Å². The first kappa shape index (κ1) is 19.9. The van der Waals surface area contributed by atoms with Crippen molar-refractivity contribution in [2.45, 2.75) is 40.0 Å². The van der Waals surface area contributed by atoms with Crippen molar-refractivity contribution in [2.75, 3.05) is 11.9 Å². The second-order valence-electron chi connectivity index (χ2n) is 6.85. The van der Waals surface area contributed by atoms with Crippen LogP contribution < -0.4 is 5.32 Å². The molecular formula is C21H22N2O4S. The summed E-state index contributed by atoms with van der Waals surface area (Å²) in [5.41, 5.74) is 1.29. The topological polar surface area (TPSA) is 92.3 Å². The smallest absolute Gasteiger partial charge is 0.341 e. The molecule has 0 saturated heterocycles. The zero-order valence-corrected chi connectivity index (χ0v) is 16.9. The number of carbonyl (C=O) groups excluding carboxylic acids is 2. The number of anilines is 1. The molecular weight excluding hydrogens is 376 g/mol. The molecule has 7 heteroatoms. The van der Waals surface area contributed by atoms with E-state index in [4.69, 9.17) is 9.15 Å². The van der Waals surface area contributed by atoms with Crippen molar-refractivity contribution in [3.63, 3.8) is 0 Å². The van der Waals surface area contributed by atoms with Crippen LogP contribution in [0.2, 0.25) is 0 Å². The van der Waals surface area contributed by atoms with Gasteiger partial charge in [-0.15, -0.1) is 11.3 Å². The standard InChI is InChI=1S/C21H22N2O4S/c1-4-26-21(25)18-16-8-5-12(2)9-17(16)28-20(18)23-19(24)14(11-22)10-15-7-6-13(3)27-15/h6-7,10,12H,4-5,8-9H2,1-3H3,(H,23,24)/b14-10+. The van der Waals surface area contributed by atoms with E-state index in [0.29, 0.717) is 28.0 Å². The monoisotopic (exact) mass is 398 g/mol. The number of hydrogen-bond donors (Lipinski definition) is 1. The number of thiophene rings is 1. The summed E-state index contributed by atoms with van der Waals surface area (Å²) in [6.45, 7) is 5.96. The molecule has 1 N–H and O–H groups in total. The number of amides is 1. The van der Waals surface area contributed by atoms with Crippen LogP contribution in [0.5, 0.6) is 0 Å². The van der Waals surface area contributed by atoms with Gasteiger partial charge in [0.15, 0.2) is 0 Å². The van der Waals surface area contributed by atoms with Gasteiger partial charge >= 0.3 is 5.97 Å². The Morgan fingerprint density at radius 3 is 2.89 bits per heavy atom. The van der Waals surface area contributed by atoms with Crippen molar-refractivity contribution in [3.05, 3.63) is 45.2 Å². The molecule has 1 atom stereocenters. The molecule has 1 aliphatic carbocycles. The van der Waals surface area contributed by atoms with Crippen LogP contribution in [0.4, 0.5) is 5.00 Å². The maximum absolute atomic E-state index is 12.7. The van der Waals surface area contributed by atoms with Crippen molar-refractivity contribution in [3.8, 4) is 6.07 Å². The van der Waals surface area contributed by atoms with Gasteiger partial charge < -0.3 is 14.5 Å². The maximum Gasteiger partial charge on any atom is 0.341 e. The lowest BCUT2D eigenvalue weighted by atomic mass is 9.88. The number of fused-ring (bicyclic) bond motifs is 1. The zero-order chi connectivity index (χ0) is 20.3. The van der Waals surface area contributed by atoms with Crippen LogP contribution in [0.3, 0.4) is 0 Å². The van der Waals surface area contributed by atoms with Crippen LogP contribution in [-0.2, 0) is 22.4 Å². The van der Waals surface area contributed by atoms with E-state index >= 15 is 0 Å². The molecule has 2 aromatic heterocycles. The summed E-state index contributed by atoms with van der Waals surface area (Å²) in [7, 11) is 0. The second-order valence-corrected chi connectivity index (χ2v) is 7.95. The molecule has 0 fully saturated rings. The van der Waals surface area contributed by atoms with Crippen LogP contribution in [0.25, 0.3) is 6.08 Å². The summed E-state index contributed by atoms with van der Waals surface area (Å²) in [6.07, 6.45) is 4.03. The highest BCUT2D eigenvalue weighted by molar-refractivity contribution is 7.17. The fourth-order valence-corrected chi connectivity index (χ4v) is 4.64. The van der Waals surface area contributed by atoms with Gasteiger partial charge in [-0.2, -0.15) is 5.26 Å². The average molecular weight is 398 g/mol. The Morgan fingerprint density at radius 2 is 2.25 bits per heavy atom. The molecule has 0 saturated carbocycles. The van der Waals surface area contributed by atoms with Crippen molar-refractivity contribution in [2.24, 2.45) is 5.92 Å². The molecule has 2 heterocycles. The first-order chi connectivity index (χ1) is 13.4. The van der Waals surface area contributed by atoms with Gasteiger partial charge in [0.05, 0.1) is 12.2 Å². The van der Waals surface area contributed by atoms with Gasteiger partial charge in [0, 0.05) is 11.0 Å². The molecule has 146 valence electrons. The third-order valence-electron chi connectivity index (χ3n) is 4.63. The minimum Gasteiger partial charge on any atom is -0.462 e. The average Bonchev–Trinajstić information content (AvgIpc) is 3.21. The predicted molar refractivity (Wildman–Crippen MR) is 107 cm³/mol. The van der Waals surface area contributed by atoms with Crippen molar-refractivity contribution < 1.29 is 18.7 Å². The lowest BCUT2D eigenvalue weighted by Gasteiger charge is -2.18. The zero-order valence-electron chi connectivity index (χ0n) is 16.1. The molecule has 6 nitrogen and oxygen atoms in total. The Labute approximate surface area is 167 Å². The summed E-state index contributed by atoms with van der Waals surface area (Å²) in [4.78, 5) is 26.3. The number of nitriles is 1. The molecule has 28 heavy (non-hydrogen) atoms. The number of nitrogens with one attached hydrogen (secondary N) is 1. The number of furan rings is 1. The van der Waals surface area contributed by atoms with Crippen LogP contribution >= 0.6 is 11.3 Å². The molecule has 1 unspecified atom stereocenters. The number of esters is 1. The second kappa shape index (κ2) is 8.44. The molecule has 2 aromatic rings. The molecule has 0 spiro atoms. The molecule has 0 radical (unpaired) electrons. The van der Waals surface area contributed by atoms with Gasteiger partial charge in [-0.1, -0.05) is 6.92 Å². The summed E-state index contributed by atoms with van der Waals surface area (Å²) < 4.78 is 10.6. The number of aryl methyl sites for hydroxylation is 1. The molecule has 1 amide bonds. The Morgan fingerprint density at radius 1 is 1.46 bits per heavy atom. The predicted octanol–water partition coefficient (Wildman–Crippen LogP) is 4.50. The summed E-state index contributed by atoms with van der Waals surface area (Å²) >= 11 is 1.39. The lowest BCUT2D eigenvalue weighted by molar-refractivity contribution is -0.112. The van der Waals surface area contributed by atoms with Crippen LogP contribution in [-0.4, -0.2) is 18.5 Å². The minimum atomic E-state index is -0.575. The normalized spacial score (nSPS) is 16.2.